The first-order chi connectivity index (χ1) is 15.7. The minimum Gasteiger partial charge on any atom is -0.295 e. The zero-order valence-electron chi connectivity index (χ0n) is 17.8. The predicted octanol–water partition coefficient (Wildman–Crippen LogP) is 5.42. The van der Waals surface area contributed by atoms with Gasteiger partial charge in [0.05, 0.1) is 17.3 Å². The Balaban J connectivity index is 1.31. The van der Waals surface area contributed by atoms with Crippen molar-refractivity contribution in [3.63, 3.8) is 0 Å². The lowest BCUT2D eigenvalue weighted by molar-refractivity contribution is 0.104. The Bertz CT molecular complexity index is 1140. The van der Waals surface area contributed by atoms with Crippen LogP contribution in [0.1, 0.15) is 22.9 Å². The number of halogens is 2. The first-order valence-electron chi connectivity index (χ1n) is 11.0. The number of benzene rings is 3. The molecule has 1 saturated heterocycles. The standard InChI is InChI=1S/C27H25F2N3/c28-23-10-5-21(6-11-23)27(22-7-12-24(29)13-8-22)32-17-15-31(16-18-32)19-25-14-9-20-3-1-2-4-26(20)30-25/h1-14,27H,15-19H2. The van der Waals surface area contributed by atoms with Crippen LogP contribution in [0.3, 0.4) is 0 Å². The van der Waals surface area contributed by atoms with Gasteiger partial charge >= 0.3 is 0 Å². The van der Waals surface area contributed by atoms with Crippen LogP contribution < -0.4 is 0 Å². The number of pyridine rings is 1. The molecule has 3 nitrogen and oxygen atoms in total. The van der Waals surface area contributed by atoms with Crippen molar-refractivity contribution in [1.82, 2.24) is 14.8 Å². The average Bonchev–Trinajstić information content (AvgIpc) is 2.83. The average molecular weight is 430 g/mol. The van der Waals surface area contributed by atoms with Crippen LogP contribution in [-0.2, 0) is 6.54 Å². The molecule has 0 saturated carbocycles. The van der Waals surface area contributed by atoms with Crippen molar-refractivity contribution >= 4 is 10.9 Å². The smallest absolute Gasteiger partial charge is 0.123 e. The van der Waals surface area contributed by atoms with Crippen LogP contribution in [0.15, 0.2) is 84.9 Å². The largest absolute Gasteiger partial charge is 0.295 e. The molecule has 4 aromatic rings. The van der Waals surface area contributed by atoms with Gasteiger partial charge in [-0.15, -0.1) is 0 Å². The molecule has 162 valence electrons. The van der Waals surface area contributed by atoms with Gasteiger partial charge in [0.2, 0.25) is 0 Å². The highest BCUT2D eigenvalue weighted by Crippen LogP contribution is 2.30. The van der Waals surface area contributed by atoms with E-state index in [9.17, 15) is 8.78 Å². The Hall–Kier alpha value is -3.15. The molecule has 0 aliphatic carbocycles. The van der Waals surface area contributed by atoms with Gasteiger partial charge < -0.3 is 0 Å². The first-order valence-corrected chi connectivity index (χ1v) is 11.0. The molecule has 0 atom stereocenters. The van der Waals surface area contributed by atoms with Crippen molar-refractivity contribution < 1.29 is 8.78 Å². The zero-order chi connectivity index (χ0) is 21.9. The van der Waals surface area contributed by atoms with Crippen molar-refractivity contribution in [2.75, 3.05) is 26.2 Å². The van der Waals surface area contributed by atoms with Gasteiger partial charge in [-0.05, 0) is 47.5 Å². The lowest BCUT2D eigenvalue weighted by atomic mass is 9.96. The van der Waals surface area contributed by atoms with E-state index in [0.29, 0.717) is 0 Å². The molecule has 0 radical (unpaired) electrons. The van der Waals surface area contributed by atoms with Crippen LogP contribution >= 0.6 is 0 Å². The van der Waals surface area contributed by atoms with Gasteiger partial charge in [-0.25, -0.2) is 8.78 Å². The Morgan fingerprint density at radius 2 is 1.28 bits per heavy atom. The SMILES string of the molecule is Fc1ccc(C(c2ccc(F)cc2)N2CCN(Cc3ccc4ccccc4n3)CC2)cc1. The summed E-state index contributed by atoms with van der Waals surface area (Å²) in [6.07, 6.45) is 0. The van der Waals surface area contributed by atoms with E-state index >= 15 is 0 Å². The van der Waals surface area contributed by atoms with Crippen LogP contribution in [0.5, 0.6) is 0 Å². The van der Waals surface area contributed by atoms with Crippen molar-refractivity contribution in [3.8, 4) is 0 Å². The third-order valence-electron chi connectivity index (χ3n) is 6.19. The molecule has 0 bridgehead atoms. The van der Waals surface area contributed by atoms with E-state index in [1.807, 2.05) is 42.5 Å². The van der Waals surface area contributed by atoms with E-state index in [4.69, 9.17) is 4.98 Å². The van der Waals surface area contributed by atoms with Gasteiger partial charge in [-0.3, -0.25) is 14.8 Å². The quantitative estimate of drug-likeness (QED) is 0.422. The van der Waals surface area contributed by atoms with Crippen molar-refractivity contribution in [2.24, 2.45) is 0 Å². The van der Waals surface area contributed by atoms with Gasteiger partial charge in [0.1, 0.15) is 11.6 Å². The second kappa shape index (κ2) is 9.15. The summed E-state index contributed by atoms with van der Waals surface area (Å²) in [6, 6.07) is 25.7. The minimum atomic E-state index is -0.251. The minimum absolute atomic E-state index is 0.0304. The van der Waals surface area contributed by atoms with Gasteiger partial charge in [-0.2, -0.15) is 0 Å². The van der Waals surface area contributed by atoms with Gasteiger partial charge in [0.15, 0.2) is 0 Å². The van der Waals surface area contributed by atoms with E-state index in [2.05, 4.69) is 28.0 Å². The van der Waals surface area contributed by atoms with E-state index in [1.54, 1.807) is 0 Å². The summed E-state index contributed by atoms with van der Waals surface area (Å²) in [4.78, 5) is 9.62. The number of aromatic nitrogens is 1. The highest BCUT2D eigenvalue weighted by molar-refractivity contribution is 5.78. The Morgan fingerprint density at radius 3 is 1.91 bits per heavy atom. The number of fused-ring (bicyclic) bond motifs is 1. The summed E-state index contributed by atoms with van der Waals surface area (Å²) >= 11 is 0. The van der Waals surface area contributed by atoms with Crippen LogP contribution in [-0.4, -0.2) is 41.0 Å². The number of piperazine rings is 1. The Labute approximate surface area is 186 Å². The summed E-state index contributed by atoms with van der Waals surface area (Å²) in [7, 11) is 0. The normalized spacial score (nSPS) is 15.5. The maximum Gasteiger partial charge on any atom is 0.123 e. The molecule has 5 heteroatoms. The summed E-state index contributed by atoms with van der Waals surface area (Å²) in [5.74, 6) is -0.501. The molecule has 3 aromatic carbocycles. The second-order valence-electron chi connectivity index (χ2n) is 8.31. The highest BCUT2D eigenvalue weighted by atomic mass is 19.1. The van der Waals surface area contributed by atoms with E-state index in [1.165, 1.54) is 24.3 Å². The Morgan fingerprint density at radius 1 is 0.688 bits per heavy atom. The molecule has 5 rings (SSSR count). The van der Waals surface area contributed by atoms with Crippen molar-refractivity contribution in [1.29, 1.82) is 0 Å². The fourth-order valence-corrected chi connectivity index (χ4v) is 4.51. The molecular formula is C27H25F2N3. The number of para-hydroxylation sites is 1. The molecule has 0 spiro atoms. The molecule has 32 heavy (non-hydrogen) atoms. The number of nitrogens with zero attached hydrogens (tertiary/aromatic N) is 3. The fourth-order valence-electron chi connectivity index (χ4n) is 4.51. The topological polar surface area (TPSA) is 19.4 Å². The van der Waals surface area contributed by atoms with E-state index in [-0.39, 0.29) is 17.7 Å². The molecular weight excluding hydrogens is 404 g/mol. The highest BCUT2D eigenvalue weighted by Gasteiger charge is 2.26. The molecule has 0 amide bonds. The third-order valence-corrected chi connectivity index (χ3v) is 6.19. The third kappa shape index (κ3) is 4.54. The maximum atomic E-state index is 13.5. The van der Waals surface area contributed by atoms with Crippen LogP contribution in [0.4, 0.5) is 8.78 Å². The van der Waals surface area contributed by atoms with Crippen LogP contribution in [0.2, 0.25) is 0 Å². The molecule has 1 fully saturated rings. The molecule has 1 aliphatic heterocycles. The Kier molecular flexibility index (Phi) is 5.93. The summed E-state index contributed by atoms with van der Waals surface area (Å²) < 4.78 is 27.1. The van der Waals surface area contributed by atoms with E-state index < -0.39 is 0 Å². The number of hydrogen-bond acceptors (Lipinski definition) is 3. The first kappa shape index (κ1) is 20.7. The van der Waals surface area contributed by atoms with Gasteiger partial charge in [0, 0.05) is 38.1 Å². The molecule has 1 aliphatic rings. The lowest BCUT2D eigenvalue weighted by Crippen LogP contribution is -2.47. The summed E-state index contributed by atoms with van der Waals surface area (Å²) in [5.41, 5.74) is 4.13. The zero-order valence-corrected chi connectivity index (χ0v) is 17.8. The second-order valence-corrected chi connectivity index (χ2v) is 8.31. The van der Waals surface area contributed by atoms with Crippen LogP contribution in [0, 0.1) is 11.6 Å². The lowest BCUT2D eigenvalue weighted by Gasteiger charge is -2.39. The van der Waals surface area contributed by atoms with Crippen molar-refractivity contribution in [2.45, 2.75) is 12.6 Å². The maximum absolute atomic E-state index is 13.5. The van der Waals surface area contributed by atoms with Gasteiger partial charge in [0.25, 0.3) is 0 Å². The fraction of sp³-hybridized carbons (Fsp3) is 0.222. The monoisotopic (exact) mass is 429 g/mol. The van der Waals surface area contributed by atoms with Gasteiger partial charge in [-0.1, -0.05) is 48.5 Å². The molecule has 0 unspecified atom stereocenters. The predicted molar refractivity (Wildman–Crippen MR) is 123 cm³/mol. The summed E-state index contributed by atoms with van der Waals surface area (Å²) in [6.45, 7) is 4.37. The molecule has 2 heterocycles. The summed E-state index contributed by atoms with van der Waals surface area (Å²) in [5, 5.41) is 1.16. The molecule has 1 aromatic heterocycles. The molecule has 0 N–H and O–H groups in total. The number of hydrogen-bond donors (Lipinski definition) is 0. The van der Waals surface area contributed by atoms with Crippen LogP contribution in [0.25, 0.3) is 10.9 Å². The van der Waals surface area contributed by atoms with E-state index in [0.717, 1.165) is 60.4 Å². The van der Waals surface area contributed by atoms with Crippen molar-refractivity contribution in [3.05, 3.63) is 113 Å². The number of rotatable bonds is 5.